The molecule has 2 nitrogen and oxygen atoms in total. The van der Waals surface area contributed by atoms with Crippen molar-refractivity contribution < 1.29 is 17.6 Å². The molecule has 1 saturated heterocycles. The molecule has 1 fully saturated rings. The van der Waals surface area contributed by atoms with E-state index in [-0.39, 0.29) is 5.92 Å². The van der Waals surface area contributed by atoms with Crippen LogP contribution in [0.25, 0.3) is 0 Å². The van der Waals surface area contributed by atoms with Gasteiger partial charge in [0.05, 0.1) is 6.54 Å². The molecule has 1 heterocycles. The fraction of sp³-hybridized carbons (Fsp3) is 1.00. The maximum atomic E-state index is 12.5. The van der Waals surface area contributed by atoms with E-state index >= 15 is 0 Å². The van der Waals surface area contributed by atoms with Crippen LogP contribution in [0, 0.1) is 5.92 Å². The first-order chi connectivity index (χ1) is 7.02. The highest BCUT2D eigenvalue weighted by Gasteiger charge is 2.40. The van der Waals surface area contributed by atoms with Gasteiger partial charge in [-0.15, -0.1) is 0 Å². The molecule has 1 rings (SSSR count). The monoisotopic (exact) mass is 228 g/mol. The van der Waals surface area contributed by atoms with Crippen molar-refractivity contribution in [3.8, 4) is 0 Å². The molecule has 2 N–H and O–H groups in total. The van der Waals surface area contributed by atoms with Gasteiger partial charge in [-0.1, -0.05) is 0 Å². The zero-order valence-corrected chi connectivity index (χ0v) is 8.41. The highest BCUT2D eigenvalue weighted by molar-refractivity contribution is 4.75. The van der Waals surface area contributed by atoms with Gasteiger partial charge in [0.15, 0.2) is 0 Å². The summed E-state index contributed by atoms with van der Waals surface area (Å²) >= 11 is 0. The Labute approximate surface area is 86.4 Å². The number of hydrogen-bond donors (Lipinski definition) is 2. The SMILES string of the molecule is FC(F)C(F)(F)CNCC1CCCNC1. The molecule has 90 valence electrons. The highest BCUT2D eigenvalue weighted by atomic mass is 19.3. The average molecular weight is 228 g/mol. The van der Waals surface area contributed by atoms with Crippen molar-refractivity contribution in [2.24, 2.45) is 5.92 Å². The minimum absolute atomic E-state index is 0.271. The first-order valence-corrected chi connectivity index (χ1v) is 5.10. The summed E-state index contributed by atoms with van der Waals surface area (Å²) in [5.41, 5.74) is 0. The van der Waals surface area contributed by atoms with Crippen LogP contribution in [0.3, 0.4) is 0 Å². The summed E-state index contributed by atoms with van der Waals surface area (Å²) < 4.78 is 48.5. The number of alkyl halides is 4. The second kappa shape index (κ2) is 5.65. The van der Waals surface area contributed by atoms with Crippen LogP contribution in [0.15, 0.2) is 0 Å². The standard InChI is InChI=1S/C9H16F4N2/c10-8(11)9(12,13)6-15-5-7-2-1-3-14-4-7/h7-8,14-15H,1-6H2. The summed E-state index contributed by atoms with van der Waals surface area (Å²) in [7, 11) is 0. The first kappa shape index (κ1) is 12.7. The van der Waals surface area contributed by atoms with Crippen LogP contribution in [-0.4, -0.2) is 38.5 Å². The minimum Gasteiger partial charge on any atom is -0.316 e. The van der Waals surface area contributed by atoms with E-state index in [1.54, 1.807) is 0 Å². The maximum Gasteiger partial charge on any atom is 0.319 e. The second-order valence-electron chi connectivity index (χ2n) is 3.91. The van der Waals surface area contributed by atoms with Crippen LogP contribution in [0.2, 0.25) is 0 Å². The van der Waals surface area contributed by atoms with E-state index < -0.39 is 18.9 Å². The van der Waals surface area contributed by atoms with Crippen LogP contribution in [0.5, 0.6) is 0 Å². The van der Waals surface area contributed by atoms with Gasteiger partial charge in [-0.25, -0.2) is 8.78 Å². The largest absolute Gasteiger partial charge is 0.319 e. The molecular formula is C9H16F4N2. The van der Waals surface area contributed by atoms with E-state index in [4.69, 9.17) is 0 Å². The third-order valence-corrected chi connectivity index (χ3v) is 2.51. The Morgan fingerprint density at radius 1 is 1.40 bits per heavy atom. The van der Waals surface area contributed by atoms with Gasteiger partial charge in [-0.2, -0.15) is 8.78 Å². The molecule has 0 bridgehead atoms. The number of nitrogens with one attached hydrogen (secondary N) is 2. The number of halogens is 4. The van der Waals surface area contributed by atoms with Gasteiger partial charge in [-0.05, 0) is 38.4 Å². The molecule has 0 aromatic rings. The van der Waals surface area contributed by atoms with E-state index in [0.717, 1.165) is 25.9 Å². The zero-order valence-electron chi connectivity index (χ0n) is 8.41. The van der Waals surface area contributed by atoms with Gasteiger partial charge in [0.1, 0.15) is 0 Å². The second-order valence-corrected chi connectivity index (χ2v) is 3.91. The Hall–Kier alpha value is -0.360. The topological polar surface area (TPSA) is 24.1 Å². The fourth-order valence-electron chi connectivity index (χ4n) is 1.62. The van der Waals surface area contributed by atoms with E-state index in [1.165, 1.54) is 0 Å². The molecular weight excluding hydrogens is 212 g/mol. The van der Waals surface area contributed by atoms with Gasteiger partial charge >= 0.3 is 12.3 Å². The van der Waals surface area contributed by atoms with E-state index in [1.807, 2.05) is 0 Å². The molecule has 1 aliphatic heterocycles. The van der Waals surface area contributed by atoms with Gasteiger partial charge in [0.25, 0.3) is 0 Å². The molecule has 0 amide bonds. The van der Waals surface area contributed by atoms with Crippen LogP contribution in [-0.2, 0) is 0 Å². The number of rotatable bonds is 5. The summed E-state index contributed by atoms with van der Waals surface area (Å²) in [4.78, 5) is 0. The molecule has 0 aromatic heterocycles. The van der Waals surface area contributed by atoms with Gasteiger partial charge < -0.3 is 10.6 Å². The third-order valence-electron chi connectivity index (χ3n) is 2.51. The Bertz CT molecular complexity index is 181. The maximum absolute atomic E-state index is 12.5. The van der Waals surface area contributed by atoms with Crippen LogP contribution in [0.1, 0.15) is 12.8 Å². The Morgan fingerprint density at radius 3 is 2.67 bits per heavy atom. The lowest BCUT2D eigenvalue weighted by atomic mass is 10.00. The van der Waals surface area contributed by atoms with Crippen molar-refractivity contribution in [3.63, 3.8) is 0 Å². The molecule has 15 heavy (non-hydrogen) atoms. The first-order valence-electron chi connectivity index (χ1n) is 5.10. The van der Waals surface area contributed by atoms with Gasteiger partial charge in [-0.3, -0.25) is 0 Å². The summed E-state index contributed by atoms with van der Waals surface area (Å²) in [6.45, 7) is 1.15. The number of hydrogen-bond acceptors (Lipinski definition) is 2. The van der Waals surface area contributed by atoms with Crippen molar-refractivity contribution in [1.29, 1.82) is 0 Å². The van der Waals surface area contributed by atoms with Crippen molar-refractivity contribution in [2.75, 3.05) is 26.2 Å². The summed E-state index contributed by atoms with van der Waals surface area (Å²) in [6.07, 6.45) is -1.62. The van der Waals surface area contributed by atoms with Gasteiger partial charge in [0.2, 0.25) is 0 Å². The quantitative estimate of drug-likeness (QED) is 0.696. The van der Waals surface area contributed by atoms with Crippen molar-refractivity contribution in [1.82, 2.24) is 10.6 Å². The van der Waals surface area contributed by atoms with Crippen LogP contribution in [0.4, 0.5) is 17.6 Å². The lowest BCUT2D eigenvalue weighted by molar-refractivity contribution is -0.125. The summed E-state index contributed by atoms with van der Waals surface area (Å²) in [5.74, 6) is -3.64. The predicted molar refractivity (Wildman–Crippen MR) is 49.4 cm³/mol. The fourth-order valence-corrected chi connectivity index (χ4v) is 1.62. The minimum atomic E-state index is -3.91. The van der Waals surface area contributed by atoms with E-state index in [0.29, 0.717) is 6.54 Å². The van der Waals surface area contributed by atoms with Crippen molar-refractivity contribution in [2.45, 2.75) is 25.2 Å². The molecule has 1 aliphatic rings. The van der Waals surface area contributed by atoms with E-state index in [2.05, 4.69) is 10.6 Å². The Morgan fingerprint density at radius 2 is 2.13 bits per heavy atom. The average Bonchev–Trinajstić information content (AvgIpc) is 2.19. The normalized spacial score (nSPS) is 23.4. The molecule has 0 saturated carbocycles. The van der Waals surface area contributed by atoms with Gasteiger partial charge in [0, 0.05) is 0 Å². The molecule has 0 radical (unpaired) electrons. The molecule has 1 atom stereocenters. The lowest BCUT2D eigenvalue weighted by Gasteiger charge is -2.24. The smallest absolute Gasteiger partial charge is 0.316 e. The molecule has 0 spiro atoms. The van der Waals surface area contributed by atoms with E-state index in [9.17, 15) is 17.6 Å². The summed E-state index contributed by atoms with van der Waals surface area (Å²) in [5, 5.41) is 5.54. The van der Waals surface area contributed by atoms with Crippen LogP contribution < -0.4 is 10.6 Å². The molecule has 0 aliphatic carbocycles. The van der Waals surface area contributed by atoms with Crippen LogP contribution >= 0.6 is 0 Å². The Kier molecular flexibility index (Phi) is 4.79. The predicted octanol–water partition coefficient (Wildman–Crippen LogP) is 1.48. The zero-order chi connectivity index (χ0) is 11.3. The summed E-state index contributed by atoms with van der Waals surface area (Å²) in [6, 6.07) is 0. The Balaban J connectivity index is 2.14. The molecule has 1 unspecified atom stereocenters. The molecule has 6 heteroatoms. The molecule has 0 aromatic carbocycles. The third kappa shape index (κ3) is 4.34. The lowest BCUT2D eigenvalue weighted by Crippen LogP contribution is -2.43. The number of piperidine rings is 1. The highest BCUT2D eigenvalue weighted by Crippen LogP contribution is 2.21. The van der Waals surface area contributed by atoms with Crippen molar-refractivity contribution >= 4 is 0 Å². The van der Waals surface area contributed by atoms with Crippen molar-refractivity contribution in [3.05, 3.63) is 0 Å².